The van der Waals surface area contributed by atoms with Gasteiger partial charge >= 0.3 is 0 Å². The van der Waals surface area contributed by atoms with Crippen molar-refractivity contribution >= 4 is 5.91 Å². The van der Waals surface area contributed by atoms with E-state index < -0.39 is 0 Å². The first-order valence-corrected chi connectivity index (χ1v) is 8.86. The highest BCUT2D eigenvalue weighted by Gasteiger charge is 2.40. The Balaban J connectivity index is 1.41. The smallest absolute Gasteiger partial charge is 0.248 e. The molecule has 1 aliphatic heterocycles. The lowest BCUT2D eigenvalue weighted by molar-refractivity contribution is 0.1000. The lowest BCUT2D eigenvalue weighted by atomic mass is 9.74. The number of fused-ring (bicyclic) bond motifs is 2. The van der Waals surface area contributed by atoms with Crippen LogP contribution in [0.2, 0.25) is 0 Å². The molecular weight excluding hydrogens is 296 g/mol. The Hall–Kier alpha value is -2.13. The molecule has 4 rings (SSSR count). The van der Waals surface area contributed by atoms with Crippen LogP contribution in [0.3, 0.4) is 0 Å². The molecule has 1 saturated heterocycles. The van der Waals surface area contributed by atoms with Crippen LogP contribution in [0.25, 0.3) is 0 Å². The highest BCUT2D eigenvalue weighted by molar-refractivity contribution is 5.92. The van der Waals surface area contributed by atoms with E-state index in [9.17, 15) is 4.79 Å². The van der Waals surface area contributed by atoms with E-state index in [1.54, 1.807) is 11.1 Å². The molecule has 2 aromatic carbocycles. The summed E-state index contributed by atoms with van der Waals surface area (Å²) in [6.07, 6.45) is 5.06. The van der Waals surface area contributed by atoms with Gasteiger partial charge in [0.15, 0.2) is 0 Å². The standard InChI is InChI=1S/C21H24N2O/c22-20(24)18-7-5-16(6-8-18)15-23-13-11-21(12-14-23)10-9-17-3-1-2-4-19(17)21/h1-8H,9-15H2,(H2,22,24). The van der Waals surface area contributed by atoms with E-state index in [1.165, 1.54) is 31.2 Å². The zero-order chi connectivity index (χ0) is 16.6. The molecule has 0 bridgehead atoms. The number of nitrogens with zero attached hydrogens (tertiary/aromatic N) is 1. The van der Waals surface area contributed by atoms with Gasteiger partial charge in [-0.2, -0.15) is 0 Å². The fourth-order valence-electron chi connectivity index (χ4n) is 4.46. The fraction of sp³-hybridized carbons (Fsp3) is 0.381. The molecule has 1 spiro atoms. The Morgan fingerprint density at radius 2 is 1.71 bits per heavy atom. The van der Waals surface area contributed by atoms with Crippen molar-refractivity contribution in [3.05, 3.63) is 70.8 Å². The van der Waals surface area contributed by atoms with Crippen molar-refractivity contribution in [3.63, 3.8) is 0 Å². The molecule has 1 heterocycles. The number of rotatable bonds is 3. The second kappa shape index (κ2) is 6.06. The molecule has 1 amide bonds. The summed E-state index contributed by atoms with van der Waals surface area (Å²) >= 11 is 0. The third-order valence-corrected chi connectivity index (χ3v) is 5.92. The predicted molar refractivity (Wildman–Crippen MR) is 95.9 cm³/mol. The van der Waals surface area contributed by atoms with Gasteiger partial charge in [0.1, 0.15) is 0 Å². The normalized spacial score (nSPS) is 19.3. The summed E-state index contributed by atoms with van der Waals surface area (Å²) in [4.78, 5) is 13.7. The van der Waals surface area contributed by atoms with Crippen LogP contribution in [-0.4, -0.2) is 23.9 Å². The van der Waals surface area contributed by atoms with Crippen molar-refractivity contribution in [1.29, 1.82) is 0 Å². The maximum Gasteiger partial charge on any atom is 0.248 e. The van der Waals surface area contributed by atoms with Crippen LogP contribution < -0.4 is 5.73 Å². The van der Waals surface area contributed by atoms with Gasteiger partial charge < -0.3 is 5.73 Å². The lowest BCUT2D eigenvalue weighted by Gasteiger charge is -2.40. The summed E-state index contributed by atoms with van der Waals surface area (Å²) in [5.74, 6) is -0.360. The van der Waals surface area contributed by atoms with Crippen LogP contribution in [0, 0.1) is 0 Å². The van der Waals surface area contributed by atoms with Crippen molar-refractivity contribution in [2.75, 3.05) is 13.1 Å². The predicted octanol–water partition coefficient (Wildman–Crippen LogP) is 3.27. The molecule has 1 fully saturated rings. The van der Waals surface area contributed by atoms with Crippen molar-refractivity contribution < 1.29 is 4.79 Å². The zero-order valence-corrected chi connectivity index (χ0v) is 14.0. The molecule has 0 atom stereocenters. The van der Waals surface area contributed by atoms with Gasteiger partial charge in [0.05, 0.1) is 0 Å². The monoisotopic (exact) mass is 320 g/mol. The second-order valence-corrected chi connectivity index (χ2v) is 7.27. The van der Waals surface area contributed by atoms with Crippen molar-refractivity contribution in [3.8, 4) is 0 Å². The van der Waals surface area contributed by atoms with Gasteiger partial charge in [-0.15, -0.1) is 0 Å². The molecule has 0 aromatic heterocycles. The SMILES string of the molecule is NC(=O)c1ccc(CN2CCC3(CCc4ccccc43)CC2)cc1. The summed E-state index contributed by atoms with van der Waals surface area (Å²) in [6, 6.07) is 16.7. The summed E-state index contributed by atoms with van der Waals surface area (Å²) < 4.78 is 0. The number of primary amides is 1. The third-order valence-electron chi connectivity index (χ3n) is 5.92. The molecular formula is C21H24N2O. The Morgan fingerprint density at radius 1 is 1.00 bits per heavy atom. The first kappa shape index (κ1) is 15.4. The fourth-order valence-corrected chi connectivity index (χ4v) is 4.46. The van der Waals surface area contributed by atoms with E-state index in [1.807, 2.05) is 24.3 Å². The van der Waals surface area contributed by atoms with Gasteiger partial charge in [-0.3, -0.25) is 9.69 Å². The maximum atomic E-state index is 11.2. The number of piperidine rings is 1. The first-order chi connectivity index (χ1) is 11.7. The first-order valence-electron chi connectivity index (χ1n) is 8.86. The van der Waals surface area contributed by atoms with Crippen LogP contribution >= 0.6 is 0 Å². The Morgan fingerprint density at radius 3 is 2.42 bits per heavy atom. The zero-order valence-electron chi connectivity index (χ0n) is 14.0. The molecule has 0 radical (unpaired) electrons. The molecule has 24 heavy (non-hydrogen) atoms. The Kier molecular flexibility index (Phi) is 3.89. The van der Waals surface area contributed by atoms with Crippen LogP contribution in [0.1, 0.15) is 46.3 Å². The van der Waals surface area contributed by atoms with Gasteiger partial charge in [-0.05, 0) is 73.0 Å². The van der Waals surface area contributed by atoms with Crippen molar-refractivity contribution in [2.45, 2.75) is 37.6 Å². The highest BCUT2D eigenvalue weighted by Crippen LogP contribution is 2.46. The van der Waals surface area contributed by atoms with Crippen LogP contribution in [-0.2, 0) is 18.4 Å². The van der Waals surface area contributed by atoms with E-state index >= 15 is 0 Å². The van der Waals surface area contributed by atoms with Crippen LogP contribution in [0.4, 0.5) is 0 Å². The van der Waals surface area contributed by atoms with Gasteiger partial charge in [0.2, 0.25) is 5.91 Å². The number of carbonyl (C=O) groups excluding carboxylic acids is 1. The quantitative estimate of drug-likeness (QED) is 0.943. The molecule has 124 valence electrons. The molecule has 3 nitrogen and oxygen atoms in total. The van der Waals surface area contributed by atoms with Crippen molar-refractivity contribution in [1.82, 2.24) is 4.90 Å². The number of nitrogens with two attached hydrogens (primary N) is 1. The molecule has 1 aliphatic carbocycles. The highest BCUT2D eigenvalue weighted by atomic mass is 16.1. The second-order valence-electron chi connectivity index (χ2n) is 7.27. The number of amides is 1. The number of aryl methyl sites for hydroxylation is 1. The number of likely N-dealkylation sites (tertiary alicyclic amines) is 1. The van der Waals surface area contributed by atoms with E-state index in [0.717, 1.165) is 19.6 Å². The summed E-state index contributed by atoms with van der Waals surface area (Å²) in [5.41, 5.74) is 10.7. The van der Waals surface area contributed by atoms with Crippen molar-refractivity contribution in [2.24, 2.45) is 5.73 Å². The van der Waals surface area contributed by atoms with Gasteiger partial charge in [-0.1, -0.05) is 36.4 Å². The Labute approximate surface area is 143 Å². The molecule has 0 saturated carbocycles. The van der Waals surface area contributed by atoms with E-state index in [-0.39, 0.29) is 5.91 Å². The average Bonchev–Trinajstić information content (AvgIpc) is 2.97. The van der Waals surface area contributed by atoms with E-state index in [2.05, 4.69) is 29.2 Å². The number of hydrogen-bond acceptors (Lipinski definition) is 2. The largest absolute Gasteiger partial charge is 0.366 e. The molecule has 2 aliphatic rings. The summed E-state index contributed by atoms with van der Waals surface area (Å²) in [5, 5.41) is 0. The number of carbonyl (C=O) groups is 1. The minimum absolute atomic E-state index is 0.360. The van der Waals surface area contributed by atoms with Crippen LogP contribution in [0.5, 0.6) is 0 Å². The average molecular weight is 320 g/mol. The molecule has 2 N–H and O–H groups in total. The minimum Gasteiger partial charge on any atom is -0.366 e. The van der Waals surface area contributed by atoms with Gasteiger partial charge in [-0.25, -0.2) is 0 Å². The number of benzene rings is 2. The summed E-state index contributed by atoms with van der Waals surface area (Å²) in [7, 11) is 0. The molecule has 3 heteroatoms. The van der Waals surface area contributed by atoms with Gasteiger partial charge in [0.25, 0.3) is 0 Å². The molecule has 0 unspecified atom stereocenters. The lowest BCUT2D eigenvalue weighted by Crippen LogP contribution is -2.41. The Bertz CT molecular complexity index is 743. The van der Waals surface area contributed by atoms with E-state index in [0.29, 0.717) is 11.0 Å². The topological polar surface area (TPSA) is 46.3 Å². The van der Waals surface area contributed by atoms with E-state index in [4.69, 9.17) is 5.73 Å². The van der Waals surface area contributed by atoms with Gasteiger partial charge in [0, 0.05) is 12.1 Å². The molecule has 2 aromatic rings. The third kappa shape index (κ3) is 2.73. The maximum absolute atomic E-state index is 11.2. The summed E-state index contributed by atoms with van der Waals surface area (Å²) in [6.45, 7) is 3.24. The number of hydrogen-bond donors (Lipinski definition) is 1. The van der Waals surface area contributed by atoms with Crippen LogP contribution in [0.15, 0.2) is 48.5 Å². The minimum atomic E-state index is -0.360.